The van der Waals surface area contributed by atoms with E-state index in [-0.39, 0.29) is 0 Å². The van der Waals surface area contributed by atoms with Gasteiger partial charge in [-0.15, -0.1) is 0 Å². The van der Waals surface area contributed by atoms with Crippen molar-refractivity contribution in [2.24, 2.45) is 0 Å². The number of para-hydroxylation sites is 2. The van der Waals surface area contributed by atoms with Crippen LogP contribution in [0.2, 0.25) is 0 Å². The molecule has 6 heteroatoms. The molecule has 0 aliphatic carbocycles. The number of rotatable bonds is 2. The second kappa shape index (κ2) is 5.62. The van der Waals surface area contributed by atoms with Crippen molar-refractivity contribution < 1.29 is 0 Å². The fourth-order valence-corrected chi connectivity index (χ4v) is 3.06. The van der Waals surface area contributed by atoms with E-state index in [9.17, 15) is 0 Å². The van der Waals surface area contributed by atoms with E-state index in [1.165, 1.54) is 0 Å². The topological polar surface area (TPSA) is 58.9 Å². The van der Waals surface area contributed by atoms with Crippen molar-refractivity contribution in [3.8, 4) is 5.82 Å². The van der Waals surface area contributed by atoms with Crippen LogP contribution in [-0.2, 0) is 0 Å². The molecule has 0 radical (unpaired) electrons. The van der Waals surface area contributed by atoms with Crippen LogP contribution in [0.5, 0.6) is 0 Å². The van der Waals surface area contributed by atoms with Gasteiger partial charge in [0, 0.05) is 31.9 Å². The van der Waals surface area contributed by atoms with E-state index >= 15 is 0 Å². The molecule has 2 aromatic heterocycles. The van der Waals surface area contributed by atoms with Crippen molar-refractivity contribution in [1.29, 1.82) is 0 Å². The summed E-state index contributed by atoms with van der Waals surface area (Å²) in [5, 5.41) is 8.00. The summed E-state index contributed by atoms with van der Waals surface area (Å²) in [5.74, 6) is 1.73. The van der Waals surface area contributed by atoms with Crippen molar-refractivity contribution in [3.05, 3.63) is 41.7 Å². The molecule has 1 aliphatic heterocycles. The van der Waals surface area contributed by atoms with E-state index in [0.29, 0.717) is 0 Å². The molecule has 6 nitrogen and oxygen atoms in total. The van der Waals surface area contributed by atoms with Crippen LogP contribution in [0, 0.1) is 13.8 Å². The van der Waals surface area contributed by atoms with Gasteiger partial charge in [-0.1, -0.05) is 12.1 Å². The Labute approximate surface area is 135 Å². The van der Waals surface area contributed by atoms with E-state index in [1.807, 2.05) is 35.9 Å². The Bertz CT molecular complexity index is 847. The standard InChI is InChI=1S/C17H20N6/c1-12-11-13(2)23(21-12)17-16(22-9-7-18-8-10-22)19-14-5-3-4-6-15(14)20-17/h3-6,11,18H,7-10H2,1-2H3. The van der Waals surface area contributed by atoms with Crippen LogP contribution < -0.4 is 10.2 Å². The predicted octanol–water partition coefficient (Wildman–Crippen LogP) is 1.84. The molecule has 0 saturated carbocycles. The number of fused-ring (bicyclic) bond motifs is 1. The first-order chi connectivity index (χ1) is 11.2. The first-order valence-electron chi connectivity index (χ1n) is 7.98. The summed E-state index contributed by atoms with van der Waals surface area (Å²) < 4.78 is 1.91. The summed E-state index contributed by atoms with van der Waals surface area (Å²) in [5.41, 5.74) is 3.88. The summed E-state index contributed by atoms with van der Waals surface area (Å²) in [4.78, 5) is 12.1. The van der Waals surface area contributed by atoms with Crippen LogP contribution in [0.4, 0.5) is 5.82 Å². The molecule has 23 heavy (non-hydrogen) atoms. The highest BCUT2D eigenvalue weighted by atomic mass is 15.4. The molecule has 1 fully saturated rings. The summed E-state index contributed by atoms with van der Waals surface area (Å²) in [6.45, 7) is 7.84. The molecule has 0 atom stereocenters. The van der Waals surface area contributed by atoms with Gasteiger partial charge >= 0.3 is 0 Å². The third kappa shape index (κ3) is 2.55. The molecule has 1 aliphatic rings. The first kappa shape index (κ1) is 14.1. The number of hydrogen-bond acceptors (Lipinski definition) is 5. The third-order valence-corrected chi connectivity index (χ3v) is 4.16. The zero-order chi connectivity index (χ0) is 15.8. The first-order valence-corrected chi connectivity index (χ1v) is 7.98. The van der Waals surface area contributed by atoms with E-state index in [1.54, 1.807) is 0 Å². The van der Waals surface area contributed by atoms with Crippen LogP contribution in [0.1, 0.15) is 11.4 Å². The largest absolute Gasteiger partial charge is 0.351 e. The molecule has 4 rings (SSSR count). The van der Waals surface area contributed by atoms with Crippen molar-refractivity contribution in [1.82, 2.24) is 25.1 Å². The van der Waals surface area contributed by atoms with Crippen LogP contribution >= 0.6 is 0 Å². The lowest BCUT2D eigenvalue weighted by Crippen LogP contribution is -2.44. The Morgan fingerprint density at radius 1 is 0.957 bits per heavy atom. The lowest BCUT2D eigenvalue weighted by Gasteiger charge is -2.29. The van der Waals surface area contributed by atoms with Gasteiger partial charge < -0.3 is 10.2 Å². The maximum atomic E-state index is 4.90. The number of anilines is 1. The molecular weight excluding hydrogens is 288 g/mol. The van der Waals surface area contributed by atoms with Crippen LogP contribution in [-0.4, -0.2) is 45.9 Å². The minimum atomic E-state index is 0.816. The van der Waals surface area contributed by atoms with Crippen LogP contribution in [0.3, 0.4) is 0 Å². The molecule has 0 spiro atoms. The highest BCUT2D eigenvalue weighted by Gasteiger charge is 2.20. The number of hydrogen-bond donors (Lipinski definition) is 1. The lowest BCUT2D eigenvalue weighted by atomic mass is 10.3. The molecule has 3 aromatic rings. The minimum absolute atomic E-state index is 0.816. The zero-order valence-electron chi connectivity index (χ0n) is 13.5. The van der Waals surface area contributed by atoms with Gasteiger partial charge in [-0.05, 0) is 32.0 Å². The van der Waals surface area contributed by atoms with E-state index in [0.717, 1.165) is 60.2 Å². The third-order valence-electron chi connectivity index (χ3n) is 4.16. The minimum Gasteiger partial charge on any atom is -0.351 e. The smallest absolute Gasteiger partial charge is 0.197 e. The highest BCUT2D eigenvalue weighted by Crippen LogP contribution is 2.25. The molecule has 0 bridgehead atoms. The van der Waals surface area contributed by atoms with Crippen LogP contribution in [0.15, 0.2) is 30.3 Å². The Morgan fingerprint density at radius 3 is 2.22 bits per heavy atom. The van der Waals surface area contributed by atoms with E-state index in [4.69, 9.17) is 9.97 Å². The summed E-state index contributed by atoms with van der Waals surface area (Å²) in [7, 11) is 0. The molecule has 0 amide bonds. The Balaban J connectivity index is 1.93. The van der Waals surface area contributed by atoms with Gasteiger partial charge in [-0.2, -0.15) is 5.10 Å². The fourth-order valence-electron chi connectivity index (χ4n) is 3.06. The van der Waals surface area contributed by atoms with Gasteiger partial charge in [0.25, 0.3) is 0 Å². The summed E-state index contributed by atoms with van der Waals surface area (Å²) in [6.07, 6.45) is 0. The average molecular weight is 308 g/mol. The van der Waals surface area contributed by atoms with Crippen molar-refractivity contribution in [2.75, 3.05) is 31.1 Å². The molecule has 0 unspecified atom stereocenters. The van der Waals surface area contributed by atoms with Crippen molar-refractivity contribution in [3.63, 3.8) is 0 Å². The Hall–Kier alpha value is -2.47. The molecule has 118 valence electrons. The number of aryl methyl sites for hydroxylation is 2. The number of aromatic nitrogens is 4. The Kier molecular flexibility index (Phi) is 3.46. The number of nitrogens with one attached hydrogen (secondary N) is 1. The van der Waals surface area contributed by atoms with Crippen molar-refractivity contribution in [2.45, 2.75) is 13.8 Å². The molecule has 1 N–H and O–H groups in total. The normalized spacial score (nSPS) is 15.3. The van der Waals surface area contributed by atoms with E-state index in [2.05, 4.69) is 28.3 Å². The summed E-state index contributed by atoms with van der Waals surface area (Å²) >= 11 is 0. The molecule has 1 aromatic carbocycles. The maximum absolute atomic E-state index is 4.90. The second-order valence-corrected chi connectivity index (χ2v) is 5.94. The van der Waals surface area contributed by atoms with Gasteiger partial charge in [0.05, 0.1) is 16.7 Å². The van der Waals surface area contributed by atoms with Crippen molar-refractivity contribution >= 4 is 16.9 Å². The number of benzene rings is 1. The van der Waals surface area contributed by atoms with E-state index < -0.39 is 0 Å². The SMILES string of the molecule is Cc1cc(C)n(-c2nc3ccccc3nc2N2CCNCC2)n1. The number of piperazine rings is 1. The molecule has 3 heterocycles. The quantitative estimate of drug-likeness (QED) is 0.783. The average Bonchev–Trinajstić information content (AvgIpc) is 2.93. The highest BCUT2D eigenvalue weighted by molar-refractivity contribution is 5.78. The number of nitrogens with zero attached hydrogens (tertiary/aromatic N) is 5. The predicted molar refractivity (Wildman–Crippen MR) is 91.2 cm³/mol. The van der Waals surface area contributed by atoms with Gasteiger partial charge in [-0.25, -0.2) is 14.6 Å². The fraction of sp³-hybridized carbons (Fsp3) is 0.353. The molecule has 1 saturated heterocycles. The zero-order valence-corrected chi connectivity index (χ0v) is 13.5. The monoisotopic (exact) mass is 308 g/mol. The summed E-state index contributed by atoms with van der Waals surface area (Å²) in [6, 6.07) is 10.1. The van der Waals surface area contributed by atoms with Gasteiger partial charge in [-0.3, -0.25) is 0 Å². The van der Waals surface area contributed by atoms with Gasteiger partial charge in [0.2, 0.25) is 0 Å². The van der Waals surface area contributed by atoms with Crippen LogP contribution in [0.25, 0.3) is 16.9 Å². The van der Waals surface area contributed by atoms with Gasteiger partial charge in [0.15, 0.2) is 11.6 Å². The maximum Gasteiger partial charge on any atom is 0.197 e. The van der Waals surface area contributed by atoms with Gasteiger partial charge in [0.1, 0.15) is 0 Å². The second-order valence-electron chi connectivity index (χ2n) is 5.94. The lowest BCUT2D eigenvalue weighted by molar-refractivity contribution is 0.582. The Morgan fingerprint density at radius 2 is 1.61 bits per heavy atom. The molecular formula is C17H20N6.